The molecule has 2 N–H and O–H groups in total. The number of hydrogen-bond acceptors (Lipinski definition) is 4. The SMILES string of the molecule is COc1c(F)cc(C(F)F)cc1-c1cnoc1N. The lowest BCUT2D eigenvalue weighted by Gasteiger charge is -2.10. The molecule has 96 valence electrons. The highest BCUT2D eigenvalue weighted by Gasteiger charge is 2.20. The van der Waals surface area contributed by atoms with Crippen LogP contribution in [0.25, 0.3) is 11.1 Å². The fraction of sp³-hybridized carbons (Fsp3) is 0.182. The number of nitrogen functional groups attached to an aromatic ring is 1. The van der Waals surface area contributed by atoms with Gasteiger partial charge in [0.05, 0.1) is 18.9 Å². The highest BCUT2D eigenvalue weighted by atomic mass is 19.3. The summed E-state index contributed by atoms with van der Waals surface area (Å²) in [6.45, 7) is 0. The summed E-state index contributed by atoms with van der Waals surface area (Å²) in [4.78, 5) is 0. The van der Waals surface area contributed by atoms with Gasteiger partial charge in [-0.25, -0.2) is 13.2 Å². The van der Waals surface area contributed by atoms with E-state index < -0.39 is 17.8 Å². The molecule has 2 rings (SSSR count). The Kier molecular flexibility index (Phi) is 3.14. The average Bonchev–Trinajstić information content (AvgIpc) is 2.74. The van der Waals surface area contributed by atoms with Gasteiger partial charge in [-0.2, -0.15) is 0 Å². The van der Waals surface area contributed by atoms with E-state index in [1.807, 2.05) is 0 Å². The Morgan fingerprint density at radius 2 is 2.06 bits per heavy atom. The van der Waals surface area contributed by atoms with Crippen molar-refractivity contribution in [3.63, 3.8) is 0 Å². The van der Waals surface area contributed by atoms with E-state index in [0.717, 1.165) is 12.1 Å². The average molecular weight is 258 g/mol. The highest BCUT2D eigenvalue weighted by Crippen LogP contribution is 2.38. The van der Waals surface area contributed by atoms with Gasteiger partial charge in [0, 0.05) is 11.1 Å². The second-order valence-corrected chi connectivity index (χ2v) is 3.49. The number of methoxy groups -OCH3 is 1. The lowest BCUT2D eigenvalue weighted by atomic mass is 10.0. The van der Waals surface area contributed by atoms with Crippen molar-refractivity contribution in [2.45, 2.75) is 6.43 Å². The first-order chi connectivity index (χ1) is 8.54. The van der Waals surface area contributed by atoms with E-state index in [1.165, 1.54) is 13.3 Å². The second kappa shape index (κ2) is 4.59. The molecule has 7 heteroatoms. The van der Waals surface area contributed by atoms with Gasteiger partial charge in [0.25, 0.3) is 6.43 Å². The van der Waals surface area contributed by atoms with Crippen molar-refractivity contribution in [2.24, 2.45) is 0 Å². The zero-order valence-corrected chi connectivity index (χ0v) is 9.28. The van der Waals surface area contributed by atoms with Gasteiger partial charge >= 0.3 is 0 Å². The van der Waals surface area contributed by atoms with Crippen LogP contribution in [0.3, 0.4) is 0 Å². The first-order valence-electron chi connectivity index (χ1n) is 4.90. The van der Waals surface area contributed by atoms with Crippen molar-refractivity contribution in [1.82, 2.24) is 5.16 Å². The number of nitrogens with two attached hydrogens (primary N) is 1. The monoisotopic (exact) mass is 258 g/mol. The Balaban J connectivity index is 2.67. The van der Waals surface area contributed by atoms with Crippen molar-refractivity contribution in [3.05, 3.63) is 29.7 Å². The zero-order chi connectivity index (χ0) is 13.3. The molecule has 2 aromatic rings. The van der Waals surface area contributed by atoms with E-state index in [-0.39, 0.29) is 22.8 Å². The number of rotatable bonds is 3. The molecule has 0 radical (unpaired) electrons. The topological polar surface area (TPSA) is 61.3 Å². The second-order valence-electron chi connectivity index (χ2n) is 3.49. The molecule has 4 nitrogen and oxygen atoms in total. The van der Waals surface area contributed by atoms with Crippen LogP contribution in [0.2, 0.25) is 0 Å². The van der Waals surface area contributed by atoms with Crippen LogP contribution in [0.4, 0.5) is 19.1 Å². The third kappa shape index (κ3) is 1.99. The number of halogens is 3. The van der Waals surface area contributed by atoms with Gasteiger partial charge in [0.2, 0.25) is 5.88 Å². The molecular weight excluding hydrogens is 249 g/mol. The van der Waals surface area contributed by atoms with Crippen molar-refractivity contribution in [1.29, 1.82) is 0 Å². The fourth-order valence-electron chi connectivity index (χ4n) is 1.60. The highest BCUT2D eigenvalue weighted by molar-refractivity contribution is 5.77. The van der Waals surface area contributed by atoms with Crippen LogP contribution in [-0.4, -0.2) is 12.3 Å². The van der Waals surface area contributed by atoms with Crippen molar-refractivity contribution in [3.8, 4) is 16.9 Å². The Bertz CT molecular complexity index is 569. The van der Waals surface area contributed by atoms with Crippen LogP contribution >= 0.6 is 0 Å². The summed E-state index contributed by atoms with van der Waals surface area (Å²) in [6.07, 6.45) is -1.59. The molecule has 18 heavy (non-hydrogen) atoms. The van der Waals surface area contributed by atoms with Crippen LogP contribution in [0.1, 0.15) is 12.0 Å². The first kappa shape index (κ1) is 12.3. The van der Waals surface area contributed by atoms with E-state index in [0.29, 0.717) is 0 Å². The normalized spacial score (nSPS) is 10.9. The van der Waals surface area contributed by atoms with Gasteiger partial charge in [-0.15, -0.1) is 0 Å². The van der Waals surface area contributed by atoms with Gasteiger partial charge in [-0.1, -0.05) is 5.16 Å². The number of anilines is 1. The van der Waals surface area contributed by atoms with Crippen molar-refractivity contribution in [2.75, 3.05) is 12.8 Å². The number of hydrogen-bond donors (Lipinski definition) is 1. The summed E-state index contributed by atoms with van der Waals surface area (Å²) in [5.41, 5.74) is 5.29. The van der Waals surface area contributed by atoms with Crippen LogP contribution < -0.4 is 10.5 Å². The molecule has 0 aliphatic carbocycles. The molecule has 0 fully saturated rings. The lowest BCUT2D eigenvalue weighted by Crippen LogP contribution is -1.97. The van der Waals surface area contributed by atoms with E-state index in [2.05, 4.69) is 9.68 Å². The third-order valence-corrected chi connectivity index (χ3v) is 2.41. The van der Waals surface area contributed by atoms with E-state index in [1.54, 1.807) is 0 Å². The summed E-state index contributed by atoms with van der Waals surface area (Å²) in [6, 6.07) is 1.81. The van der Waals surface area contributed by atoms with Crippen LogP contribution in [0.5, 0.6) is 5.75 Å². The van der Waals surface area contributed by atoms with Gasteiger partial charge in [-0.3, -0.25) is 0 Å². The molecular formula is C11H9F3N2O2. The smallest absolute Gasteiger partial charge is 0.263 e. The quantitative estimate of drug-likeness (QED) is 0.919. The molecule has 0 saturated heterocycles. The standard InChI is InChI=1S/C11H9F3N2O2/c1-17-9-6(7-4-16-18-11(7)15)2-5(10(13)14)3-8(9)12/h2-4,10H,15H2,1H3. The van der Waals surface area contributed by atoms with Gasteiger partial charge in [0.15, 0.2) is 11.6 Å². The molecule has 0 bridgehead atoms. The maximum atomic E-state index is 13.6. The fourth-order valence-corrected chi connectivity index (χ4v) is 1.60. The predicted molar refractivity (Wildman–Crippen MR) is 57.8 cm³/mol. The Morgan fingerprint density at radius 3 is 2.56 bits per heavy atom. The van der Waals surface area contributed by atoms with Crippen LogP contribution in [-0.2, 0) is 0 Å². The molecule has 1 aromatic carbocycles. The molecule has 0 saturated carbocycles. The minimum Gasteiger partial charge on any atom is -0.493 e. The number of nitrogens with zero attached hydrogens (tertiary/aromatic N) is 1. The zero-order valence-electron chi connectivity index (χ0n) is 9.28. The Morgan fingerprint density at radius 1 is 1.33 bits per heavy atom. The minimum absolute atomic E-state index is 0.0755. The van der Waals surface area contributed by atoms with Crippen LogP contribution in [0.15, 0.2) is 22.9 Å². The lowest BCUT2D eigenvalue weighted by molar-refractivity contribution is 0.151. The van der Waals surface area contributed by atoms with E-state index in [9.17, 15) is 13.2 Å². The Hall–Kier alpha value is -2.18. The van der Waals surface area contributed by atoms with Crippen molar-refractivity contribution >= 4 is 5.88 Å². The number of aromatic nitrogens is 1. The molecule has 0 atom stereocenters. The molecule has 0 amide bonds. The molecule has 0 aliphatic heterocycles. The summed E-state index contributed by atoms with van der Waals surface area (Å²) < 4.78 is 48.4. The molecule has 1 heterocycles. The van der Waals surface area contributed by atoms with E-state index in [4.69, 9.17) is 10.5 Å². The maximum Gasteiger partial charge on any atom is 0.263 e. The Labute approximate surface area is 100 Å². The number of alkyl halides is 2. The van der Waals surface area contributed by atoms with Gasteiger partial charge in [0.1, 0.15) is 0 Å². The van der Waals surface area contributed by atoms with Gasteiger partial charge in [-0.05, 0) is 12.1 Å². The summed E-state index contributed by atoms with van der Waals surface area (Å²) in [5.74, 6) is -1.18. The predicted octanol–water partition coefficient (Wildman–Crippen LogP) is 3.01. The molecule has 1 aromatic heterocycles. The molecule has 0 aliphatic rings. The number of benzene rings is 1. The van der Waals surface area contributed by atoms with E-state index >= 15 is 0 Å². The largest absolute Gasteiger partial charge is 0.493 e. The minimum atomic E-state index is -2.80. The maximum absolute atomic E-state index is 13.6. The van der Waals surface area contributed by atoms with Crippen molar-refractivity contribution < 1.29 is 22.4 Å². The summed E-state index contributed by atoms with van der Waals surface area (Å²) >= 11 is 0. The molecule has 0 spiro atoms. The first-order valence-corrected chi connectivity index (χ1v) is 4.90. The summed E-state index contributed by atoms with van der Waals surface area (Å²) in [5, 5.41) is 3.41. The number of ether oxygens (including phenoxy) is 1. The molecule has 0 unspecified atom stereocenters. The van der Waals surface area contributed by atoms with Gasteiger partial charge < -0.3 is 15.0 Å². The summed E-state index contributed by atoms with van der Waals surface area (Å²) in [7, 11) is 1.23. The van der Waals surface area contributed by atoms with Crippen LogP contribution in [0, 0.1) is 5.82 Å². The third-order valence-electron chi connectivity index (χ3n) is 2.41.